The predicted octanol–water partition coefficient (Wildman–Crippen LogP) is 2.44. The molecule has 7 nitrogen and oxygen atoms in total. The van der Waals surface area contributed by atoms with Gasteiger partial charge < -0.3 is 29.6 Å². The van der Waals surface area contributed by atoms with Crippen LogP contribution in [0.4, 0.5) is 0 Å². The van der Waals surface area contributed by atoms with Crippen molar-refractivity contribution in [2.75, 3.05) is 0 Å². The van der Waals surface area contributed by atoms with E-state index in [1.807, 2.05) is 18.2 Å². The second-order valence-corrected chi connectivity index (χ2v) is 7.00. The molecule has 0 aliphatic carbocycles. The fourth-order valence-corrected chi connectivity index (χ4v) is 3.57. The minimum Gasteiger partial charge on any atom is -0.504 e. The molecule has 1 saturated heterocycles. The maximum atomic E-state index is 12.5. The van der Waals surface area contributed by atoms with Gasteiger partial charge in [0.05, 0.1) is 18.3 Å². The van der Waals surface area contributed by atoms with Crippen LogP contribution >= 0.6 is 0 Å². The number of phenolic OH excluding ortho intramolecular Hbond substituents is 2. The van der Waals surface area contributed by atoms with E-state index in [4.69, 9.17) is 9.15 Å². The zero-order valence-electron chi connectivity index (χ0n) is 15.1. The van der Waals surface area contributed by atoms with Gasteiger partial charge in [-0.2, -0.15) is 0 Å². The Labute approximate surface area is 160 Å². The van der Waals surface area contributed by atoms with Crippen molar-refractivity contribution in [1.29, 1.82) is 0 Å². The average molecular weight is 384 g/mol. The Morgan fingerprint density at radius 3 is 2.43 bits per heavy atom. The Kier molecular flexibility index (Phi) is 4.58. The lowest BCUT2D eigenvalue weighted by Crippen LogP contribution is -2.43. The van der Waals surface area contributed by atoms with Crippen LogP contribution in [0.3, 0.4) is 0 Å². The molecule has 2 heterocycles. The molecule has 4 N–H and O–H groups in total. The highest BCUT2D eigenvalue weighted by Crippen LogP contribution is 2.43. The first-order valence-electron chi connectivity index (χ1n) is 8.96. The highest BCUT2D eigenvalue weighted by molar-refractivity contribution is 5.88. The summed E-state index contributed by atoms with van der Waals surface area (Å²) >= 11 is 0. The summed E-state index contributed by atoms with van der Waals surface area (Å²) < 4.78 is 11.5. The van der Waals surface area contributed by atoms with Crippen molar-refractivity contribution in [2.45, 2.75) is 37.8 Å². The largest absolute Gasteiger partial charge is 0.504 e. The first kappa shape index (κ1) is 18.5. The predicted molar refractivity (Wildman–Crippen MR) is 101 cm³/mol. The summed E-state index contributed by atoms with van der Waals surface area (Å²) in [5.74, 6) is -0.784. The van der Waals surface area contributed by atoms with E-state index in [0.29, 0.717) is 11.3 Å². The van der Waals surface area contributed by atoms with Crippen molar-refractivity contribution in [3.05, 3.63) is 58.3 Å². The van der Waals surface area contributed by atoms with Crippen LogP contribution in [-0.2, 0) is 4.74 Å². The molecular weight excluding hydrogens is 364 g/mol. The number of hydrogen-bond donors (Lipinski definition) is 4. The Hall–Kier alpha value is -2.87. The third kappa shape index (κ3) is 3.03. The highest BCUT2D eigenvalue weighted by atomic mass is 16.5. The van der Waals surface area contributed by atoms with E-state index in [1.54, 1.807) is 19.1 Å². The first-order valence-corrected chi connectivity index (χ1v) is 8.96. The fourth-order valence-electron chi connectivity index (χ4n) is 3.57. The van der Waals surface area contributed by atoms with Gasteiger partial charge in [0.25, 0.3) is 0 Å². The molecule has 1 aliphatic rings. The SMILES string of the molecule is C[C@@H]1O[C@@H](c2cc3oc(-c4ccccc4)cc(=O)c3c(O)c2O)C[C@@H](O)[C@@H]1O. The van der Waals surface area contributed by atoms with Crippen LogP contribution in [0, 0.1) is 0 Å². The van der Waals surface area contributed by atoms with Gasteiger partial charge in [0.1, 0.15) is 22.8 Å². The van der Waals surface area contributed by atoms with E-state index in [2.05, 4.69) is 0 Å². The number of aliphatic hydroxyl groups excluding tert-OH is 2. The molecule has 3 aromatic rings. The minimum atomic E-state index is -1.05. The van der Waals surface area contributed by atoms with Crippen LogP contribution in [0.1, 0.15) is 25.0 Å². The number of aromatic hydroxyl groups is 2. The Morgan fingerprint density at radius 2 is 1.75 bits per heavy atom. The molecule has 0 radical (unpaired) electrons. The molecule has 0 amide bonds. The van der Waals surface area contributed by atoms with E-state index in [1.165, 1.54) is 12.1 Å². The van der Waals surface area contributed by atoms with Crippen molar-refractivity contribution >= 4 is 11.0 Å². The quantitative estimate of drug-likeness (QED) is 0.501. The normalized spacial score (nSPS) is 25.1. The lowest BCUT2D eigenvalue weighted by molar-refractivity contribution is -0.163. The highest BCUT2D eigenvalue weighted by Gasteiger charge is 2.36. The van der Waals surface area contributed by atoms with E-state index >= 15 is 0 Å². The number of benzene rings is 2. The lowest BCUT2D eigenvalue weighted by atomic mass is 9.93. The molecule has 7 heteroatoms. The summed E-state index contributed by atoms with van der Waals surface area (Å²) in [7, 11) is 0. The molecule has 146 valence electrons. The van der Waals surface area contributed by atoms with Gasteiger partial charge in [0, 0.05) is 23.6 Å². The molecule has 4 atom stereocenters. The number of phenols is 2. The monoisotopic (exact) mass is 384 g/mol. The molecule has 0 bridgehead atoms. The Balaban J connectivity index is 1.87. The number of aliphatic hydroxyl groups is 2. The van der Waals surface area contributed by atoms with Crippen LogP contribution < -0.4 is 5.43 Å². The third-order valence-corrected chi connectivity index (χ3v) is 5.11. The molecule has 4 rings (SSSR count). The summed E-state index contributed by atoms with van der Waals surface area (Å²) in [5.41, 5.74) is 0.467. The van der Waals surface area contributed by atoms with E-state index in [-0.39, 0.29) is 23.0 Å². The summed E-state index contributed by atoms with van der Waals surface area (Å²) in [6, 6.07) is 11.7. The van der Waals surface area contributed by atoms with Crippen LogP contribution in [-0.4, -0.2) is 38.7 Å². The summed E-state index contributed by atoms with van der Waals surface area (Å²) in [5, 5.41) is 40.6. The third-order valence-electron chi connectivity index (χ3n) is 5.11. The molecule has 1 fully saturated rings. The van der Waals surface area contributed by atoms with E-state index in [9.17, 15) is 25.2 Å². The first-order chi connectivity index (χ1) is 13.4. The van der Waals surface area contributed by atoms with Gasteiger partial charge in [0.2, 0.25) is 0 Å². The fraction of sp³-hybridized carbons (Fsp3) is 0.286. The maximum Gasteiger partial charge on any atom is 0.197 e. The van der Waals surface area contributed by atoms with Gasteiger partial charge in [-0.15, -0.1) is 0 Å². The van der Waals surface area contributed by atoms with Gasteiger partial charge in [-0.3, -0.25) is 4.79 Å². The minimum absolute atomic E-state index is 0.0205. The topological polar surface area (TPSA) is 120 Å². The molecule has 28 heavy (non-hydrogen) atoms. The number of hydrogen-bond acceptors (Lipinski definition) is 7. The van der Waals surface area contributed by atoms with Crippen LogP contribution in [0.2, 0.25) is 0 Å². The second-order valence-electron chi connectivity index (χ2n) is 7.00. The zero-order valence-corrected chi connectivity index (χ0v) is 15.1. The van der Waals surface area contributed by atoms with Crippen molar-refractivity contribution in [3.8, 4) is 22.8 Å². The van der Waals surface area contributed by atoms with E-state index in [0.717, 1.165) is 0 Å². The lowest BCUT2D eigenvalue weighted by Gasteiger charge is -2.35. The molecule has 1 aliphatic heterocycles. The van der Waals surface area contributed by atoms with E-state index < -0.39 is 41.3 Å². The number of rotatable bonds is 2. The van der Waals surface area contributed by atoms with Gasteiger partial charge >= 0.3 is 0 Å². The van der Waals surface area contributed by atoms with Gasteiger partial charge in [-0.25, -0.2) is 0 Å². The van der Waals surface area contributed by atoms with Gasteiger partial charge in [-0.05, 0) is 13.0 Å². The zero-order chi connectivity index (χ0) is 20.0. The standard InChI is InChI=1S/C21H20O7/c1-10-19(24)14(23)9-16(27-10)12-7-17-18(21(26)20(12)25)13(22)8-15(28-17)11-5-3-2-4-6-11/h2-8,10,14,16,19,23-26H,9H2,1H3/t10-,14+,16+,19+/m0/s1. The Morgan fingerprint density at radius 1 is 1.04 bits per heavy atom. The molecule has 1 aromatic heterocycles. The van der Waals surface area contributed by atoms with Gasteiger partial charge in [0.15, 0.2) is 16.9 Å². The molecule has 2 aromatic carbocycles. The molecule has 0 unspecified atom stereocenters. The van der Waals surface area contributed by atoms with Crippen LogP contribution in [0.15, 0.2) is 51.7 Å². The summed E-state index contributed by atoms with van der Waals surface area (Å²) in [6.07, 6.45) is -3.53. The van der Waals surface area contributed by atoms with Crippen LogP contribution in [0.5, 0.6) is 11.5 Å². The van der Waals surface area contributed by atoms with Crippen molar-refractivity contribution in [2.24, 2.45) is 0 Å². The summed E-state index contributed by atoms with van der Waals surface area (Å²) in [4.78, 5) is 12.5. The molecular formula is C21H20O7. The van der Waals surface area contributed by atoms with Gasteiger partial charge in [-0.1, -0.05) is 30.3 Å². The van der Waals surface area contributed by atoms with Crippen molar-refractivity contribution in [1.82, 2.24) is 0 Å². The summed E-state index contributed by atoms with van der Waals surface area (Å²) in [6.45, 7) is 1.60. The Bertz CT molecular complexity index is 1060. The number of fused-ring (bicyclic) bond motifs is 1. The van der Waals surface area contributed by atoms with Crippen molar-refractivity contribution < 1.29 is 29.6 Å². The van der Waals surface area contributed by atoms with Crippen molar-refractivity contribution in [3.63, 3.8) is 0 Å². The van der Waals surface area contributed by atoms with Crippen LogP contribution in [0.25, 0.3) is 22.3 Å². The second kappa shape index (κ2) is 6.94. The molecule has 0 saturated carbocycles. The molecule has 0 spiro atoms. The number of ether oxygens (including phenoxy) is 1. The maximum absolute atomic E-state index is 12.5. The average Bonchev–Trinajstić information content (AvgIpc) is 2.68. The smallest absolute Gasteiger partial charge is 0.197 e.